The third-order valence-electron chi connectivity index (χ3n) is 13.6. The van der Waals surface area contributed by atoms with Crippen molar-refractivity contribution in [1.82, 2.24) is 29.9 Å². The first-order valence-corrected chi connectivity index (χ1v) is 25.4. The Kier molecular flexibility index (Phi) is 12.8. The van der Waals surface area contributed by atoms with Crippen molar-refractivity contribution < 1.29 is 61.1 Å². The Hall–Kier alpha value is -4.90. The van der Waals surface area contributed by atoms with E-state index in [4.69, 9.17) is 16.6 Å². The van der Waals surface area contributed by atoms with Gasteiger partial charge in [-0.15, -0.1) is 0 Å². The van der Waals surface area contributed by atoms with Crippen LogP contribution >= 0.6 is 11.6 Å². The van der Waals surface area contributed by atoms with Gasteiger partial charge in [0.25, 0.3) is 12.3 Å². The van der Waals surface area contributed by atoms with Gasteiger partial charge in [-0.05, 0) is 101 Å². The van der Waals surface area contributed by atoms with Gasteiger partial charge >= 0.3 is 6.18 Å². The number of aryl methyl sites for hydroxylation is 1. The fourth-order valence-corrected chi connectivity index (χ4v) is 12.6. The molecule has 3 aliphatic carbocycles. The van der Waals surface area contributed by atoms with Crippen LogP contribution in [-0.4, -0.2) is 68.5 Å². The molecule has 2 N–H and O–H groups in total. The third-order valence-corrected chi connectivity index (χ3v) is 19.2. The molecule has 0 spiro atoms. The minimum atomic E-state index is -5.19. The lowest BCUT2D eigenvalue weighted by atomic mass is 9.93. The molecule has 2 saturated carbocycles. The fourth-order valence-electron chi connectivity index (χ4n) is 9.00. The first-order chi connectivity index (χ1) is 32.0. The Labute approximate surface area is 396 Å². The minimum absolute atomic E-state index is 0.0138. The highest BCUT2D eigenvalue weighted by Gasteiger charge is 2.58. The number of alkyl halides is 7. The summed E-state index contributed by atoms with van der Waals surface area (Å²) < 4.78 is 188. The van der Waals surface area contributed by atoms with E-state index in [1.807, 2.05) is 0 Å². The second-order valence-corrected chi connectivity index (χ2v) is 24.6. The van der Waals surface area contributed by atoms with Crippen LogP contribution < -0.4 is 10.0 Å². The van der Waals surface area contributed by atoms with Crippen molar-refractivity contribution in [2.75, 3.05) is 4.72 Å². The van der Waals surface area contributed by atoms with Gasteiger partial charge in [-0.3, -0.25) is 23.9 Å². The lowest BCUT2D eigenvalue weighted by Gasteiger charge is -2.26. The molecule has 24 heteroatoms. The lowest BCUT2D eigenvalue weighted by molar-refractivity contribution is -0.143. The molecule has 3 aliphatic rings. The smallest absolute Gasteiger partial charge is 0.346 e. The molecule has 3 aromatic heterocycles. The molecular weight excluding hydrogens is 989 g/mol. The molecule has 2 fully saturated rings. The van der Waals surface area contributed by atoms with E-state index >= 15 is 8.78 Å². The number of fused-ring (bicyclic) bond motifs is 2. The van der Waals surface area contributed by atoms with Crippen molar-refractivity contribution >= 4 is 54.1 Å². The van der Waals surface area contributed by atoms with E-state index in [9.17, 15) is 52.4 Å². The molecule has 374 valence electrons. The number of benzene rings is 2. The van der Waals surface area contributed by atoms with Crippen LogP contribution in [0.1, 0.15) is 113 Å². The molecule has 0 aliphatic heterocycles. The van der Waals surface area contributed by atoms with E-state index in [0.717, 1.165) is 23.7 Å². The molecule has 0 bridgehead atoms. The number of carbonyl (C=O) groups is 1. The standard InChI is InChI=1S/C45H47ClF9N7O5S2/c1-22-23(2)44(51,52)40-35(22)39(45(53,54)55)58-62(40)21-34(63)57-32(18-24-16-25(47)19-26(48)17-24)37-29(9-6-27(56-37)12-13-42(3,4)68(64,65)28-7-8-28)30-10-11-31(46)36-38(30)61(20-33(49)50)59-41(36)60-69(66,67)43(5)14-15-43/h6,9-11,16-17,19,22-23,28,32-33H,7-8,12-15,18,20-21H2,1-5H3,(H,57,63)(H,59,60)/t22-,23+,32-/m0/s1. The van der Waals surface area contributed by atoms with Crippen molar-refractivity contribution in [1.29, 1.82) is 0 Å². The molecule has 0 unspecified atom stereocenters. The van der Waals surface area contributed by atoms with E-state index in [0.29, 0.717) is 31.7 Å². The number of amides is 1. The number of hydrogen-bond acceptors (Lipinski definition) is 8. The van der Waals surface area contributed by atoms with Gasteiger partial charge in [0, 0.05) is 34.4 Å². The average Bonchev–Trinajstić information content (AvgIpc) is 4.15. The zero-order valence-electron chi connectivity index (χ0n) is 37.7. The highest BCUT2D eigenvalue weighted by atomic mass is 35.5. The normalized spacial score (nSPS) is 19.5. The fraction of sp³-hybridized carbons (Fsp3) is 0.511. The number of rotatable bonds is 17. The maximum atomic E-state index is 15.8. The number of hydrogen-bond donors (Lipinski definition) is 2. The number of nitrogens with one attached hydrogen (secondary N) is 2. The van der Waals surface area contributed by atoms with E-state index in [1.165, 1.54) is 38.1 Å². The second-order valence-electron chi connectivity index (χ2n) is 19.1. The monoisotopic (exact) mass is 1040 g/mol. The highest BCUT2D eigenvalue weighted by molar-refractivity contribution is 7.94. The molecule has 12 nitrogen and oxygen atoms in total. The zero-order chi connectivity index (χ0) is 50.6. The van der Waals surface area contributed by atoms with Gasteiger partial charge < -0.3 is 5.32 Å². The van der Waals surface area contributed by atoms with Crippen LogP contribution in [-0.2, 0) is 62.7 Å². The second kappa shape index (κ2) is 17.4. The lowest BCUT2D eigenvalue weighted by Crippen LogP contribution is -2.36. The number of carbonyl (C=O) groups excluding carboxylic acids is 1. The summed E-state index contributed by atoms with van der Waals surface area (Å²) in [7, 11) is -7.77. The number of anilines is 1. The van der Waals surface area contributed by atoms with Crippen LogP contribution in [0.2, 0.25) is 5.02 Å². The van der Waals surface area contributed by atoms with E-state index < -0.39 is 125 Å². The zero-order valence-corrected chi connectivity index (χ0v) is 40.1. The minimum Gasteiger partial charge on any atom is -0.346 e. The molecule has 1 amide bonds. The van der Waals surface area contributed by atoms with Crippen LogP contribution in [0.25, 0.3) is 22.0 Å². The van der Waals surface area contributed by atoms with Crippen molar-refractivity contribution in [3.05, 3.63) is 93.0 Å². The number of nitrogens with zero attached hydrogens (tertiary/aromatic N) is 5. The summed E-state index contributed by atoms with van der Waals surface area (Å²) in [4.78, 5) is 19.1. The third kappa shape index (κ3) is 9.42. The highest BCUT2D eigenvalue weighted by Crippen LogP contribution is 2.55. The Morgan fingerprint density at radius 1 is 0.942 bits per heavy atom. The van der Waals surface area contributed by atoms with Gasteiger partial charge in [-0.2, -0.15) is 32.1 Å². The van der Waals surface area contributed by atoms with Crippen molar-refractivity contribution in [2.24, 2.45) is 5.92 Å². The predicted octanol–water partition coefficient (Wildman–Crippen LogP) is 10.0. The van der Waals surface area contributed by atoms with Crippen LogP contribution in [0.5, 0.6) is 0 Å². The molecule has 0 saturated heterocycles. The SMILES string of the molecule is C[C@@H]1c2c(C(F)(F)F)nn(CC(=O)N[C@@H](Cc3cc(F)cc(F)c3)c3nc(CCC(C)(C)S(=O)(=O)C4CC4)ccc3-c3ccc(Cl)c4c(NS(=O)(=O)C5(C)CC5)nn(CC(F)F)c34)c2C(F)(F)[C@@H]1C. The number of sulfone groups is 1. The summed E-state index contributed by atoms with van der Waals surface area (Å²) in [5.74, 6) is -10.5. The molecule has 2 aromatic carbocycles. The molecule has 3 heterocycles. The Morgan fingerprint density at radius 3 is 2.17 bits per heavy atom. The summed E-state index contributed by atoms with van der Waals surface area (Å²) >= 11 is 6.70. The Bertz CT molecular complexity index is 3080. The van der Waals surface area contributed by atoms with Gasteiger partial charge in [0.2, 0.25) is 15.9 Å². The summed E-state index contributed by atoms with van der Waals surface area (Å²) in [5, 5.41) is 9.51. The summed E-state index contributed by atoms with van der Waals surface area (Å²) in [5.41, 5.74) is -3.66. The van der Waals surface area contributed by atoms with Crippen LogP contribution in [0.4, 0.5) is 45.3 Å². The van der Waals surface area contributed by atoms with E-state index in [2.05, 4.69) is 20.2 Å². The Morgan fingerprint density at radius 2 is 1.58 bits per heavy atom. The van der Waals surface area contributed by atoms with Crippen molar-refractivity contribution in [2.45, 2.75) is 138 Å². The molecule has 8 rings (SSSR count). The maximum absolute atomic E-state index is 15.8. The van der Waals surface area contributed by atoms with Crippen LogP contribution in [0.15, 0.2) is 42.5 Å². The summed E-state index contributed by atoms with van der Waals surface area (Å²) in [6.07, 6.45) is -7.17. The molecule has 3 atom stereocenters. The first-order valence-electron chi connectivity index (χ1n) is 22.0. The number of sulfonamides is 1. The van der Waals surface area contributed by atoms with Gasteiger partial charge in [-0.1, -0.05) is 37.6 Å². The molecule has 0 radical (unpaired) electrons. The molecule has 69 heavy (non-hydrogen) atoms. The van der Waals surface area contributed by atoms with E-state index in [1.54, 1.807) is 13.8 Å². The first kappa shape index (κ1) is 50.5. The van der Waals surface area contributed by atoms with Crippen molar-refractivity contribution in [3.63, 3.8) is 0 Å². The topological polar surface area (TPSA) is 158 Å². The summed E-state index contributed by atoms with van der Waals surface area (Å²) in [6, 6.07) is 6.48. The van der Waals surface area contributed by atoms with Crippen LogP contribution in [0, 0.1) is 17.6 Å². The average molecular weight is 1040 g/mol. The number of pyridine rings is 1. The van der Waals surface area contributed by atoms with Gasteiger partial charge in [0.05, 0.1) is 42.4 Å². The van der Waals surface area contributed by atoms with Crippen molar-refractivity contribution in [3.8, 4) is 11.1 Å². The van der Waals surface area contributed by atoms with Crippen LogP contribution in [0.3, 0.4) is 0 Å². The Balaban J connectivity index is 1.30. The molecule has 5 aromatic rings. The maximum Gasteiger partial charge on any atom is 0.435 e. The largest absolute Gasteiger partial charge is 0.435 e. The number of aromatic nitrogens is 5. The molecular formula is C45H47ClF9N7O5S2. The number of halogens is 10. The van der Waals surface area contributed by atoms with E-state index in [-0.39, 0.29) is 67.3 Å². The summed E-state index contributed by atoms with van der Waals surface area (Å²) in [6.45, 7) is 4.56. The predicted molar refractivity (Wildman–Crippen MR) is 238 cm³/mol. The van der Waals surface area contributed by atoms with Gasteiger partial charge in [-0.25, -0.2) is 34.4 Å². The van der Waals surface area contributed by atoms with Gasteiger partial charge in [0.15, 0.2) is 21.3 Å². The van der Waals surface area contributed by atoms with Gasteiger partial charge in [0.1, 0.15) is 30.4 Å². The quantitative estimate of drug-likeness (QED) is 0.0872.